The van der Waals surface area contributed by atoms with Gasteiger partial charge in [-0.05, 0) is 66.3 Å². The van der Waals surface area contributed by atoms with Crippen molar-refractivity contribution < 1.29 is 94.6 Å². The molecule has 0 unspecified atom stereocenters. The van der Waals surface area contributed by atoms with Crippen LogP contribution in [0.25, 0.3) is 6.08 Å². The topological polar surface area (TPSA) is 274 Å². The van der Waals surface area contributed by atoms with Crippen molar-refractivity contribution in [3.05, 3.63) is 101 Å². The van der Waals surface area contributed by atoms with Crippen LogP contribution in [0.1, 0.15) is 15.9 Å². The van der Waals surface area contributed by atoms with E-state index in [0.717, 1.165) is 0 Å². The maximum absolute atomic E-state index is 13.5. The fourth-order valence-electron chi connectivity index (χ4n) is 4.19. The van der Waals surface area contributed by atoms with Crippen LogP contribution in [0, 0.1) is 0 Å². The molecule has 0 spiro atoms. The van der Waals surface area contributed by atoms with E-state index in [1.165, 1.54) is 42.5 Å². The van der Waals surface area contributed by atoms with Crippen LogP contribution in [-0.2, 0) is 25.0 Å². The molecular formula is C28H20N8Na2O8S2. The second kappa shape index (κ2) is 15.6. The average Bonchev–Trinajstić information content (AvgIpc) is 2.99. The quantitative estimate of drug-likeness (QED) is 0.0453. The first-order chi connectivity index (χ1) is 21.7. The molecule has 0 saturated carbocycles. The van der Waals surface area contributed by atoms with E-state index in [9.17, 15) is 35.5 Å². The summed E-state index contributed by atoms with van der Waals surface area (Å²) in [6.45, 7) is 0. The first-order valence-corrected chi connectivity index (χ1v) is 15.6. The molecule has 2 aliphatic carbocycles. The third-order valence-electron chi connectivity index (χ3n) is 6.34. The van der Waals surface area contributed by atoms with Gasteiger partial charge < -0.3 is 20.6 Å². The average molecular weight is 707 g/mol. The van der Waals surface area contributed by atoms with E-state index in [-0.39, 0.29) is 76.3 Å². The number of fused-ring (bicyclic) bond motifs is 1. The Morgan fingerprint density at radius 3 is 1.96 bits per heavy atom. The van der Waals surface area contributed by atoms with Crippen LogP contribution in [-0.4, -0.2) is 48.9 Å². The van der Waals surface area contributed by atoms with E-state index in [1.54, 1.807) is 30.3 Å². The predicted octanol–water partition coefficient (Wildman–Crippen LogP) is -3.10. The molecule has 48 heavy (non-hydrogen) atoms. The van der Waals surface area contributed by atoms with Gasteiger partial charge in [0.05, 0.1) is 43.8 Å². The molecule has 20 heteroatoms. The Morgan fingerprint density at radius 2 is 1.35 bits per heavy atom. The van der Waals surface area contributed by atoms with Gasteiger partial charge in [-0.25, -0.2) is 16.8 Å². The Balaban J connectivity index is 0.00000312. The molecule has 0 fully saturated rings. The molecule has 0 saturated heterocycles. The molecule has 3 aromatic rings. The normalized spacial score (nSPS) is 16.1. The summed E-state index contributed by atoms with van der Waals surface area (Å²) < 4.78 is 72.7. The molecule has 0 amide bonds. The van der Waals surface area contributed by atoms with Gasteiger partial charge in [0, 0.05) is 6.08 Å². The minimum Gasteiger partial charge on any atom is -0.744 e. The maximum atomic E-state index is 13.5. The number of rotatable bonds is 8. The summed E-state index contributed by atoms with van der Waals surface area (Å²) in [4.78, 5) is 22.8. The van der Waals surface area contributed by atoms with Gasteiger partial charge in [-0.15, -0.1) is 5.11 Å². The van der Waals surface area contributed by atoms with Gasteiger partial charge in [0.2, 0.25) is 5.78 Å². The Bertz CT molecular complexity index is 2200. The molecule has 16 nitrogen and oxygen atoms in total. The summed E-state index contributed by atoms with van der Waals surface area (Å²) in [6.07, 6.45) is 4.66. The Morgan fingerprint density at radius 1 is 0.729 bits per heavy atom. The number of Topliss-reactive ketones (excluding diaryl/α,β-unsaturated/α-hetero) is 1. The summed E-state index contributed by atoms with van der Waals surface area (Å²) >= 11 is 0. The zero-order valence-electron chi connectivity index (χ0n) is 25.1. The zero-order valence-corrected chi connectivity index (χ0v) is 30.7. The fourth-order valence-corrected chi connectivity index (χ4v) is 5.49. The molecule has 0 aliphatic heterocycles. The van der Waals surface area contributed by atoms with E-state index < -0.39 is 64.0 Å². The SMILES string of the molecule is NC1=CC(=O)C=C/C1=N\Nc1ccc(N=Nc2c(S(=O)(=O)[O-])cc3c(c2N)C(=O)/C(=N\Nc2ccccc2)C(S(=O)(=O)[O-])=C3)cc1.[Na+].[Na+]. The predicted molar refractivity (Wildman–Crippen MR) is 166 cm³/mol. The van der Waals surface area contributed by atoms with Crippen molar-refractivity contribution >= 4 is 77.7 Å². The number of carbonyl (C=O) groups is 2. The number of ketones is 2. The fraction of sp³-hybridized carbons (Fsp3) is 0. The number of anilines is 3. The van der Waals surface area contributed by atoms with Crippen LogP contribution in [0.4, 0.5) is 28.4 Å². The Kier molecular flexibility index (Phi) is 12.6. The number of para-hydroxylation sites is 1. The van der Waals surface area contributed by atoms with Gasteiger partial charge >= 0.3 is 59.1 Å². The number of nitrogens with zero attached hydrogens (tertiary/aromatic N) is 4. The zero-order chi connectivity index (χ0) is 33.2. The first-order valence-electron chi connectivity index (χ1n) is 12.8. The summed E-state index contributed by atoms with van der Waals surface area (Å²) in [5, 5.41) is 15.7. The Hall–Kier alpha value is -3.82. The van der Waals surface area contributed by atoms with Crippen LogP contribution < -0.4 is 81.4 Å². The minimum atomic E-state index is -5.32. The number of carbonyl (C=O) groups excluding carboxylic acids is 2. The van der Waals surface area contributed by atoms with E-state index >= 15 is 0 Å². The largest absolute Gasteiger partial charge is 1.00 e. The molecule has 3 aromatic carbocycles. The first kappa shape index (κ1) is 38.6. The third-order valence-corrected chi connectivity index (χ3v) is 8.04. The van der Waals surface area contributed by atoms with Gasteiger partial charge in [0.1, 0.15) is 37.3 Å². The summed E-state index contributed by atoms with van der Waals surface area (Å²) in [5.74, 6) is -1.42. The minimum absolute atomic E-state index is 0. The second-order valence-corrected chi connectivity index (χ2v) is 12.2. The number of hydrazone groups is 2. The van der Waals surface area contributed by atoms with Crippen LogP contribution in [0.5, 0.6) is 0 Å². The maximum Gasteiger partial charge on any atom is 1.00 e. The molecule has 0 bridgehead atoms. The third kappa shape index (κ3) is 8.80. The molecular weight excluding hydrogens is 686 g/mol. The second-order valence-electron chi connectivity index (χ2n) is 9.48. The molecule has 0 aromatic heterocycles. The molecule has 234 valence electrons. The van der Waals surface area contributed by atoms with Crippen molar-refractivity contribution in [1.82, 2.24) is 0 Å². The number of azo groups is 1. The summed E-state index contributed by atoms with van der Waals surface area (Å²) in [7, 11) is -10.6. The molecule has 2 aliphatic rings. The summed E-state index contributed by atoms with van der Waals surface area (Å²) in [6, 6.07) is 14.7. The van der Waals surface area contributed by atoms with Gasteiger partial charge in [0.25, 0.3) is 0 Å². The van der Waals surface area contributed by atoms with Crippen LogP contribution in [0.2, 0.25) is 0 Å². The molecule has 0 radical (unpaired) electrons. The van der Waals surface area contributed by atoms with Crippen molar-refractivity contribution in [1.29, 1.82) is 0 Å². The number of hydrogen-bond donors (Lipinski definition) is 4. The number of benzene rings is 3. The monoisotopic (exact) mass is 706 g/mol. The summed E-state index contributed by atoms with van der Waals surface area (Å²) in [5.41, 5.74) is 15.6. The van der Waals surface area contributed by atoms with E-state index in [2.05, 4.69) is 31.3 Å². The Labute approximate surface area is 317 Å². The van der Waals surface area contributed by atoms with Crippen molar-refractivity contribution in [3.63, 3.8) is 0 Å². The van der Waals surface area contributed by atoms with Gasteiger partial charge in [-0.2, -0.15) is 15.3 Å². The van der Waals surface area contributed by atoms with Gasteiger partial charge in [0.15, 0.2) is 5.78 Å². The number of nitrogens with two attached hydrogens (primary N) is 2. The van der Waals surface area contributed by atoms with Crippen LogP contribution in [0.3, 0.4) is 0 Å². The number of nitrogens with one attached hydrogen (secondary N) is 2. The smallest absolute Gasteiger partial charge is 0.744 e. The molecule has 5 rings (SSSR count). The van der Waals surface area contributed by atoms with Crippen molar-refractivity contribution in [3.8, 4) is 0 Å². The number of nitrogen functional groups attached to an aromatic ring is 1. The number of hydrogen-bond acceptors (Lipinski definition) is 16. The van der Waals surface area contributed by atoms with Crippen molar-refractivity contribution in [2.45, 2.75) is 4.90 Å². The van der Waals surface area contributed by atoms with Crippen molar-refractivity contribution in [2.75, 3.05) is 16.6 Å². The molecule has 0 heterocycles. The standard InChI is InChI=1S/C28H22N8O8S2.2Na/c29-20-14-19(37)10-11-21(20)34-31-17-6-8-18(9-7-17)33-35-26-22(45(39,40)41)12-15-13-23(46(42,43)44)27(28(38)24(15)25(26)30)36-32-16-4-2-1-3-5-16;;/h1-14,31-32H,29-30H2,(H,39,40,41)(H,42,43,44);;/q;2*+1/p-2/b34-21+,35-33?,36-27-;;. The van der Waals surface area contributed by atoms with Gasteiger partial charge in [-0.1, -0.05) is 18.2 Å². The molecule has 6 N–H and O–H groups in total. The number of allylic oxidation sites excluding steroid dienone is 4. The van der Waals surface area contributed by atoms with E-state index in [0.29, 0.717) is 29.2 Å². The van der Waals surface area contributed by atoms with E-state index in [1.807, 2.05) is 0 Å². The molecule has 0 atom stereocenters. The van der Waals surface area contributed by atoms with Crippen LogP contribution >= 0.6 is 0 Å². The van der Waals surface area contributed by atoms with Crippen molar-refractivity contribution in [2.24, 2.45) is 26.2 Å². The van der Waals surface area contributed by atoms with Gasteiger partial charge in [-0.3, -0.25) is 20.4 Å². The van der Waals surface area contributed by atoms with E-state index in [4.69, 9.17) is 11.5 Å². The van der Waals surface area contributed by atoms with Crippen LogP contribution in [0.15, 0.2) is 115 Å².